The summed E-state index contributed by atoms with van der Waals surface area (Å²) >= 11 is 0. The van der Waals surface area contributed by atoms with E-state index in [9.17, 15) is 4.39 Å². The van der Waals surface area contributed by atoms with E-state index in [2.05, 4.69) is 24.0 Å². The smallest absolute Gasteiger partial charge is 0.134 e. The maximum absolute atomic E-state index is 15.1. The fourth-order valence-electron chi connectivity index (χ4n) is 4.30. The third-order valence-corrected chi connectivity index (χ3v) is 6.32. The number of unbranched alkanes of at least 4 members (excludes halogenated alkanes) is 4. The zero-order valence-electron chi connectivity index (χ0n) is 19.3. The molecule has 3 heteroatoms. The molecule has 1 heterocycles. The van der Waals surface area contributed by atoms with E-state index in [-0.39, 0.29) is 11.6 Å². The van der Waals surface area contributed by atoms with E-state index in [1.54, 1.807) is 12.1 Å². The minimum absolute atomic E-state index is 0.174. The second-order valence-electron chi connectivity index (χ2n) is 8.82. The quantitative estimate of drug-likeness (QED) is 0.224. The number of rotatable bonds is 10. The van der Waals surface area contributed by atoms with Crippen molar-refractivity contribution in [2.75, 3.05) is 0 Å². The average Bonchev–Trinajstić information content (AvgIpc) is 2.85. The van der Waals surface area contributed by atoms with E-state index >= 15 is 4.39 Å². The summed E-state index contributed by atoms with van der Waals surface area (Å²) in [7, 11) is 0. The number of aryl methyl sites for hydroxylation is 3. The first-order valence-electron chi connectivity index (χ1n) is 12.0. The van der Waals surface area contributed by atoms with Gasteiger partial charge in [-0.25, -0.2) is 8.78 Å². The highest BCUT2D eigenvalue weighted by Gasteiger charge is 2.10. The molecule has 0 unspecified atom stereocenters. The first kappa shape index (κ1) is 23.1. The summed E-state index contributed by atoms with van der Waals surface area (Å²) in [5.74, 6) is -0.425. The van der Waals surface area contributed by atoms with Crippen molar-refractivity contribution in [3.05, 3.63) is 101 Å². The second-order valence-corrected chi connectivity index (χ2v) is 8.82. The van der Waals surface area contributed by atoms with Crippen LogP contribution >= 0.6 is 0 Å². The summed E-state index contributed by atoms with van der Waals surface area (Å²) in [6, 6.07) is 20.3. The number of benzene rings is 3. The van der Waals surface area contributed by atoms with E-state index in [4.69, 9.17) is 0 Å². The van der Waals surface area contributed by atoms with Gasteiger partial charge in [0.15, 0.2) is 0 Å². The standard InChI is InChI=1S/C30H31F2N/c1-2-3-4-5-6-7-23-11-19-29(33-21-23)26-15-18-28-25(20-26)14-13-24(30(28)32)12-8-22-9-16-27(31)17-10-22/h9-11,13-21H,2-8,12H2,1H3. The largest absolute Gasteiger partial charge is 0.256 e. The summed E-state index contributed by atoms with van der Waals surface area (Å²) < 4.78 is 28.2. The first-order chi connectivity index (χ1) is 16.1. The van der Waals surface area contributed by atoms with E-state index in [0.717, 1.165) is 28.6 Å². The van der Waals surface area contributed by atoms with Crippen LogP contribution in [0.3, 0.4) is 0 Å². The van der Waals surface area contributed by atoms with Crippen molar-refractivity contribution in [3.63, 3.8) is 0 Å². The molecule has 1 nitrogen and oxygen atoms in total. The van der Waals surface area contributed by atoms with E-state index in [0.29, 0.717) is 23.8 Å². The predicted molar refractivity (Wildman–Crippen MR) is 133 cm³/mol. The van der Waals surface area contributed by atoms with Crippen molar-refractivity contribution >= 4 is 10.8 Å². The van der Waals surface area contributed by atoms with Crippen LogP contribution in [0.5, 0.6) is 0 Å². The van der Waals surface area contributed by atoms with Crippen molar-refractivity contribution < 1.29 is 8.78 Å². The molecule has 0 radical (unpaired) electrons. The fraction of sp³-hybridized carbons (Fsp3) is 0.300. The SMILES string of the molecule is CCCCCCCc1ccc(-c2ccc3c(F)c(CCc4ccc(F)cc4)ccc3c2)nc1. The summed E-state index contributed by atoms with van der Waals surface area (Å²) in [4.78, 5) is 4.66. The normalized spacial score (nSPS) is 11.2. The Morgan fingerprint density at radius 1 is 0.697 bits per heavy atom. The molecule has 0 N–H and O–H groups in total. The Hall–Kier alpha value is -3.07. The van der Waals surface area contributed by atoms with Crippen LogP contribution in [0, 0.1) is 11.6 Å². The molecule has 33 heavy (non-hydrogen) atoms. The molecule has 0 amide bonds. The molecular formula is C30H31F2N. The van der Waals surface area contributed by atoms with Crippen molar-refractivity contribution in [2.24, 2.45) is 0 Å². The second kappa shape index (κ2) is 11.2. The minimum atomic E-state index is -0.252. The van der Waals surface area contributed by atoms with Crippen LogP contribution in [-0.4, -0.2) is 4.98 Å². The number of hydrogen-bond acceptors (Lipinski definition) is 1. The van der Waals surface area contributed by atoms with E-state index in [1.807, 2.05) is 36.5 Å². The van der Waals surface area contributed by atoms with Crippen LogP contribution in [0.4, 0.5) is 8.78 Å². The number of halogens is 2. The monoisotopic (exact) mass is 443 g/mol. The molecule has 170 valence electrons. The van der Waals surface area contributed by atoms with Crippen molar-refractivity contribution in [3.8, 4) is 11.3 Å². The van der Waals surface area contributed by atoms with Gasteiger partial charge in [0.2, 0.25) is 0 Å². The summed E-state index contributed by atoms with van der Waals surface area (Å²) in [6.07, 6.45) is 10.7. The third-order valence-electron chi connectivity index (χ3n) is 6.32. The zero-order chi connectivity index (χ0) is 23.0. The van der Waals surface area contributed by atoms with Gasteiger partial charge in [0.1, 0.15) is 11.6 Å². The van der Waals surface area contributed by atoms with Crippen LogP contribution in [0.1, 0.15) is 55.7 Å². The van der Waals surface area contributed by atoms with Gasteiger partial charge in [-0.2, -0.15) is 0 Å². The summed E-state index contributed by atoms with van der Waals surface area (Å²) in [5, 5.41) is 1.50. The third kappa shape index (κ3) is 6.04. The van der Waals surface area contributed by atoms with E-state index < -0.39 is 0 Å². The van der Waals surface area contributed by atoms with E-state index in [1.165, 1.54) is 49.8 Å². The van der Waals surface area contributed by atoms with Crippen LogP contribution in [-0.2, 0) is 19.3 Å². The highest BCUT2D eigenvalue weighted by atomic mass is 19.1. The highest BCUT2D eigenvalue weighted by Crippen LogP contribution is 2.27. The Balaban J connectivity index is 1.43. The Morgan fingerprint density at radius 3 is 2.24 bits per heavy atom. The molecule has 0 spiro atoms. The van der Waals surface area contributed by atoms with Gasteiger partial charge in [0, 0.05) is 17.1 Å². The molecule has 0 aliphatic rings. The van der Waals surface area contributed by atoms with Gasteiger partial charge in [-0.15, -0.1) is 0 Å². The molecule has 0 aliphatic carbocycles. The van der Waals surface area contributed by atoms with Gasteiger partial charge in [0.05, 0.1) is 5.69 Å². The van der Waals surface area contributed by atoms with Gasteiger partial charge in [0.25, 0.3) is 0 Å². The minimum Gasteiger partial charge on any atom is -0.256 e. The molecule has 1 aromatic heterocycles. The van der Waals surface area contributed by atoms with Gasteiger partial charge < -0.3 is 0 Å². The van der Waals surface area contributed by atoms with Crippen LogP contribution < -0.4 is 0 Å². The lowest BCUT2D eigenvalue weighted by Gasteiger charge is -2.09. The van der Waals surface area contributed by atoms with Crippen LogP contribution in [0.2, 0.25) is 0 Å². The fourth-order valence-corrected chi connectivity index (χ4v) is 4.30. The number of fused-ring (bicyclic) bond motifs is 1. The Morgan fingerprint density at radius 2 is 1.48 bits per heavy atom. The Bertz CT molecular complexity index is 1180. The van der Waals surface area contributed by atoms with Gasteiger partial charge in [-0.1, -0.05) is 75.1 Å². The van der Waals surface area contributed by atoms with Crippen molar-refractivity contribution in [2.45, 2.75) is 58.3 Å². The molecule has 0 saturated carbocycles. The van der Waals surface area contributed by atoms with Gasteiger partial charge in [-0.05, 0) is 72.0 Å². The molecule has 4 rings (SSSR count). The average molecular weight is 444 g/mol. The lowest BCUT2D eigenvalue weighted by molar-refractivity contribution is 0.619. The number of nitrogens with zero attached hydrogens (tertiary/aromatic N) is 1. The Labute approximate surface area is 195 Å². The molecule has 4 aromatic rings. The number of aromatic nitrogens is 1. The molecular weight excluding hydrogens is 412 g/mol. The molecule has 0 bridgehead atoms. The van der Waals surface area contributed by atoms with Gasteiger partial charge in [-0.3, -0.25) is 4.98 Å². The molecule has 0 aliphatic heterocycles. The summed E-state index contributed by atoms with van der Waals surface area (Å²) in [5.41, 5.74) is 4.86. The number of hydrogen-bond donors (Lipinski definition) is 0. The highest BCUT2D eigenvalue weighted by molar-refractivity contribution is 5.88. The maximum atomic E-state index is 15.1. The number of pyridine rings is 1. The zero-order valence-corrected chi connectivity index (χ0v) is 19.3. The summed E-state index contributed by atoms with van der Waals surface area (Å²) in [6.45, 7) is 2.24. The lowest BCUT2D eigenvalue weighted by Crippen LogP contribution is -1.96. The molecule has 0 saturated heterocycles. The van der Waals surface area contributed by atoms with Crippen molar-refractivity contribution in [1.29, 1.82) is 0 Å². The maximum Gasteiger partial charge on any atom is 0.134 e. The van der Waals surface area contributed by atoms with Crippen molar-refractivity contribution in [1.82, 2.24) is 4.98 Å². The Kier molecular flexibility index (Phi) is 7.83. The first-order valence-corrected chi connectivity index (χ1v) is 12.0. The van der Waals surface area contributed by atoms with Crippen LogP contribution in [0.25, 0.3) is 22.0 Å². The molecule has 0 fully saturated rings. The van der Waals surface area contributed by atoms with Crippen LogP contribution in [0.15, 0.2) is 72.9 Å². The topological polar surface area (TPSA) is 12.9 Å². The lowest BCUT2D eigenvalue weighted by atomic mass is 9.98. The molecule has 0 atom stereocenters. The molecule has 3 aromatic carbocycles. The van der Waals surface area contributed by atoms with Gasteiger partial charge >= 0.3 is 0 Å². The predicted octanol–water partition coefficient (Wildman–Crippen LogP) is 8.48.